The average molecular weight is 379 g/mol. The summed E-state index contributed by atoms with van der Waals surface area (Å²) in [5.41, 5.74) is 0. The number of amides is 1. The highest BCUT2D eigenvalue weighted by Gasteiger charge is 2.37. The van der Waals surface area contributed by atoms with Crippen molar-refractivity contribution in [2.24, 2.45) is 5.92 Å². The molecular weight excluding hydrogens is 370 g/mol. The van der Waals surface area contributed by atoms with E-state index in [2.05, 4.69) is 46.6 Å². The van der Waals surface area contributed by atoms with Crippen molar-refractivity contribution in [3.05, 3.63) is 15.4 Å². The van der Waals surface area contributed by atoms with Gasteiger partial charge in [-0.25, -0.2) is 9.97 Å². The third kappa shape index (κ3) is 2.54. The Balaban J connectivity index is 2.24. The molecule has 96 valence electrons. The van der Waals surface area contributed by atoms with Gasteiger partial charge in [0, 0.05) is 13.0 Å². The van der Waals surface area contributed by atoms with Crippen molar-refractivity contribution in [3.8, 4) is 0 Å². The summed E-state index contributed by atoms with van der Waals surface area (Å²) in [5.74, 6) is -0.579. The first-order valence-corrected chi connectivity index (χ1v) is 6.67. The number of hydrogen-bond donors (Lipinski definition) is 0. The van der Waals surface area contributed by atoms with E-state index in [1.807, 2.05) is 0 Å². The third-order valence-electron chi connectivity index (χ3n) is 2.60. The van der Waals surface area contributed by atoms with E-state index in [9.17, 15) is 9.59 Å². The Labute approximate surface area is 120 Å². The van der Waals surface area contributed by atoms with Gasteiger partial charge in [-0.05, 0) is 31.9 Å². The van der Waals surface area contributed by atoms with E-state index >= 15 is 0 Å². The van der Waals surface area contributed by atoms with Crippen LogP contribution in [-0.4, -0.2) is 35.5 Å². The number of hydrogen-bond acceptors (Lipinski definition) is 5. The van der Waals surface area contributed by atoms with Crippen LogP contribution in [0, 0.1) is 5.92 Å². The molecule has 0 radical (unpaired) electrons. The molecule has 1 fully saturated rings. The highest BCUT2D eigenvalue weighted by Crippen LogP contribution is 2.29. The van der Waals surface area contributed by atoms with Gasteiger partial charge in [-0.1, -0.05) is 0 Å². The SMILES string of the molecule is COC(=O)C1CC(=O)N(c2ncc(Br)nc2Br)C1. The molecule has 0 bridgehead atoms. The van der Waals surface area contributed by atoms with Gasteiger partial charge < -0.3 is 4.74 Å². The van der Waals surface area contributed by atoms with E-state index in [1.54, 1.807) is 0 Å². The maximum Gasteiger partial charge on any atom is 0.311 e. The smallest absolute Gasteiger partial charge is 0.311 e. The molecule has 0 aliphatic carbocycles. The van der Waals surface area contributed by atoms with Gasteiger partial charge >= 0.3 is 5.97 Å². The fraction of sp³-hybridized carbons (Fsp3) is 0.400. The molecule has 1 atom stereocenters. The monoisotopic (exact) mass is 377 g/mol. The quantitative estimate of drug-likeness (QED) is 0.729. The van der Waals surface area contributed by atoms with E-state index in [0.717, 1.165) is 0 Å². The van der Waals surface area contributed by atoms with Crippen molar-refractivity contribution in [2.45, 2.75) is 6.42 Å². The van der Waals surface area contributed by atoms with Crippen molar-refractivity contribution in [1.29, 1.82) is 0 Å². The first-order chi connectivity index (χ1) is 8.52. The summed E-state index contributed by atoms with van der Waals surface area (Å²) in [6.45, 7) is 0.264. The average Bonchev–Trinajstić information content (AvgIpc) is 2.70. The van der Waals surface area contributed by atoms with Crippen LogP contribution >= 0.6 is 31.9 Å². The molecule has 2 heterocycles. The molecule has 1 unspecified atom stereocenters. The molecular formula is C10H9Br2N3O3. The topological polar surface area (TPSA) is 72.4 Å². The molecule has 6 nitrogen and oxygen atoms in total. The highest BCUT2D eigenvalue weighted by molar-refractivity contribution is 9.11. The molecule has 1 saturated heterocycles. The number of methoxy groups -OCH3 is 1. The predicted octanol–water partition coefficient (Wildman–Crippen LogP) is 1.53. The minimum Gasteiger partial charge on any atom is -0.469 e. The molecule has 18 heavy (non-hydrogen) atoms. The van der Waals surface area contributed by atoms with Gasteiger partial charge in [-0.15, -0.1) is 0 Å². The van der Waals surface area contributed by atoms with E-state index in [1.165, 1.54) is 18.2 Å². The highest BCUT2D eigenvalue weighted by atomic mass is 79.9. The number of anilines is 1. The van der Waals surface area contributed by atoms with Crippen LogP contribution in [0.3, 0.4) is 0 Å². The van der Waals surface area contributed by atoms with Gasteiger partial charge in [0.05, 0.1) is 19.2 Å². The standard InChI is InChI=1S/C10H9Br2N3O3/c1-18-10(17)5-2-7(16)15(4-5)9-8(12)14-6(11)3-13-9/h3,5H,2,4H2,1H3. The largest absolute Gasteiger partial charge is 0.469 e. The molecule has 8 heteroatoms. The molecule has 0 N–H and O–H groups in total. The minimum absolute atomic E-state index is 0.136. The van der Waals surface area contributed by atoms with Crippen LogP contribution < -0.4 is 4.90 Å². The first-order valence-electron chi connectivity index (χ1n) is 5.09. The normalized spacial score (nSPS) is 19.2. The summed E-state index contributed by atoms with van der Waals surface area (Å²) >= 11 is 6.43. The van der Waals surface area contributed by atoms with Gasteiger partial charge in [0.2, 0.25) is 5.91 Å². The van der Waals surface area contributed by atoms with Crippen LogP contribution in [0.1, 0.15) is 6.42 Å². The van der Waals surface area contributed by atoms with E-state index in [0.29, 0.717) is 15.0 Å². The summed E-state index contributed by atoms with van der Waals surface area (Å²) in [6.07, 6.45) is 1.63. The fourth-order valence-electron chi connectivity index (χ4n) is 1.76. The molecule has 1 aromatic heterocycles. The van der Waals surface area contributed by atoms with Gasteiger partial charge in [0.25, 0.3) is 0 Å². The lowest BCUT2D eigenvalue weighted by Crippen LogP contribution is -2.27. The second-order valence-corrected chi connectivity index (χ2v) is 5.30. The van der Waals surface area contributed by atoms with Gasteiger partial charge in [-0.3, -0.25) is 14.5 Å². The Morgan fingerprint density at radius 2 is 2.28 bits per heavy atom. The number of ether oxygens (including phenoxy) is 1. The van der Waals surface area contributed by atoms with Crippen LogP contribution in [0.2, 0.25) is 0 Å². The Morgan fingerprint density at radius 3 is 2.89 bits per heavy atom. The van der Waals surface area contributed by atoms with Crippen LogP contribution in [0.5, 0.6) is 0 Å². The Morgan fingerprint density at radius 1 is 1.56 bits per heavy atom. The molecule has 0 spiro atoms. The second-order valence-electron chi connectivity index (χ2n) is 3.74. The van der Waals surface area contributed by atoms with Gasteiger partial charge in [0.1, 0.15) is 9.21 Å². The Kier molecular flexibility index (Phi) is 3.96. The first kappa shape index (κ1) is 13.4. The van der Waals surface area contributed by atoms with Crippen molar-refractivity contribution in [1.82, 2.24) is 9.97 Å². The third-order valence-corrected chi connectivity index (χ3v) is 3.51. The van der Waals surface area contributed by atoms with E-state index in [4.69, 9.17) is 0 Å². The Hall–Kier alpha value is -1.02. The molecule has 0 saturated carbocycles. The lowest BCUT2D eigenvalue weighted by molar-refractivity contribution is -0.145. The molecule has 2 rings (SSSR count). The maximum atomic E-state index is 11.9. The number of rotatable bonds is 2. The lowest BCUT2D eigenvalue weighted by atomic mass is 10.1. The number of carbonyl (C=O) groups is 2. The molecule has 1 aliphatic rings. The zero-order valence-corrected chi connectivity index (χ0v) is 12.6. The summed E-state index contributed by atoms with van der Waals surface area (Å²) in [4.78, 5) is 32.9. The molecule has 1 aliphatic heterocycles. The van der Waals surface area contributed by atoms with Crippen molar-refractivity contribution in [2.75, 3.05) is 18.6 Å². The molecule has 1 amide bonds. The summed E-state index contributed by atoms with van der Waals surface area (Å²) in [7, 11) is 1.31. The van der Waals surface area contributed by atoms with E-state index < -0.39 is 5.92 Å². The number of carbonyl (C=O) groups excluding carboxylic acids is 2. The second kappa shape index (κ2) is 5.31. The lowest BCUT2D eigenvalue weighted by Gasteiger charge is -2.15. The van der Waals surface area contributed by atoms with Crippen LogP contribution in [0.4, 0.5) is 5.82 Å². The van der Waals surface area contributed by atoms with Crippen LogP contribution in [0.15, 0.2) is 15.4 Å². The van der Waals surface area contributed by atoms with Gasteiger partial charge in [-0.2, -0.15) is 0 Å². The van der Waals surface area contributed by atoms with Crippen molar-refractivity contribution >= 4 is 49.6 Å². The predicted molar refractivity (Wildman–Crippen MR) is 69.9 cm³/mol. The number of esters is 1. The van der Waals surface area contributed by atoms with Crippen molar-refractivity contribution in [3.63, 3.8) is 0 Å². The van der Waals surface area contributed by atoms with Crippen LogP contribution in [0.25, 0.3) is 0 Å². The fourth-order valence-corrected chi connectivity index (χ4v) is 2.78. The molecule has 0 aromatic carbocycles. The number of nitrogens with zero attached hydrogens (tertiary/aromatic N) is 3. The zero-order chi connectivity index (χ0) is 13.3. The minimum atomic E-state index is -0.445. The summed E-state index contributed by atoms with van der Waals surface area (Å²) in [6, 6.07) is 0. The van der Waals surface area contributed by atoms with E-state index in [-0.39, 0.29) is 24.8 Å². The maximum absolute atomic E-state index is 11.9. The zero-order valence-electron chi connectivity index (χ0n) is 9.39. The number of halogens is 2. The summed E-state index contributed by atoms with van der Waals surface area (Å²) in [5, 5.41) is 0. The summed E-state index contributed by atoms with van der Waals surface area (Å²) < 4.78 is 5.66. The Bertz CT molecular complexity index is 509. The number of aromatic nitrogens is 2. The molecule has 1 aromatic rings. The van der Waals surface area contributed by atoms with Gasteiger partial charge in [0.15, 0.2) is 5.82 Å². The van der Waals surface area contributed by atoms with Crippen LogP contribution in [-0.2, 0) is 14.3 Å². The van der Waals surface area contributed by atoms with Crippen molar-refractivity contribution < 1.29 is 14.3 Å².